The van der Waals surface area contributed by atoms with Gasteiger partial charge in [0.05, 0.1) is 0 Å². The van der Waals surface area contributed by atoms with Crippen LogP contribution in [0.2, 0.25) is 0 Å². The number of hydrogen-bond donors (Lipinski definition) is 2. The molecule has 0 aliphatic rings. The summed E-state index contributed by atoms with van der Waals surface area (Å²) >= 11 is 0. The second kappa shape index (κ2) is 7.68. The molecule has 0 fully saturated rings. The minimum Gasteiger partial charge on any atom is -0.369 e. The summed E-state index contributed by atoms with van der Waals surface area (Å²) in [7, 11) is 4.10. The fourth-order valence-corrected chi connectivity index (χ4v) is 1.38. The summed E-state index contributed by atoms with van der Waals surface area (Å²) in [5.74, 6) is 1.09. The predicted molar refractivity (Wildman–Crippen MR) is 77.2 cm³/mol. The molecular weight excluding hydrogens is 242 g/mol. The lowest BCUT2D eigenvalue weighted by molar-refractivity contribution is -0.118. The van der Waals surface area contributed by atoms with E-state index in [9.17, 15) is 4.79 Å². The molecule has 106 valence electrons. The molecule has 1 rings (SSSR count). The Kier molecular flexibility index (Phi) is 6.21. The highest BCUT2D eigenvalue weighted by molar-refractivity contribution is 5.91. The fourth-order valence-electron chi connectivity index (χ4n) is 1.38. The molecule has 0 atom stereocenters. The normalized spacial score (nSPS) is 10.8. The third kappa shape index (κ3) is 6.15. The van der Waals surface area contributed by atoms with Crippen LogP contribution in [-0.4, -0.2) is 48.2 Å². The summed E-state index contributed by atoms with van der Waals surface area (Å²) < 4.78 is 0. The van der Waals surface area contributed by atoms with Crippen LogP contribution in [0.3, 0.4) is 0 Å². The minimum absolute atomic E-state index is 0.0546. The zero-order chi connectivity index (χ0) is 14.3. The number of anilines is 2. The van der Waals surface area contributed by atoms with Gasteiger partial charge < -0.3 is 15.5 Å². The first-order valence-electron chi connectivity index (χ1n) is 6.52. The molecule has 1 heterocycles. The van der Waals surface area contributed by atoms with Gasteiger partial charge in [-0.05, 0) is 39.2 Å². The van der Waals surface area contributed by atoms with Crippen molar-refractivity contribution >= 4 is 17.5 Å². The van der Waals surface area contributed by atoms with Crippen molar-refractivity contribution in [2.24, 2.45) is 5.92 Å². The van der Waals surface area contributed by atoms with E-state index in [1.807, 2.05) is 34.0 Å². The van der Waals surface area contributed by atoms with Gasteiger partial charge in [-0.15, -0.1) is 10.2 Å². The van der Waals surface area contributed by atoms with E-state index in [1.165, 1.54) is 0 Å². The van der Waals surface area contributed by atoms with Gasteiger partial charge in [-0.25, -0.2) is 0 Å². The van der Waals surface area contributed by atoms with E-state index in [0.29, 0.717) is 5.82 Å². The molecule has 0 aliphatic carbocycles. The van der Waals surface area contributed by atoms with Crippen LogP contribution >= 0.6 is 0 Å². The molecule has 6 nitrogen and oxygen atoms in total. The van der Waals surface area contributed by atoms with Gasteiger partial charge in [-0.1, -0.05) is 13.8 Å². The standard InChI is InChI=1S/C13H23N5O/c1-10(2)13(19)15-12-7-6-11(16-17-12)14-8-5-9-18(3)4/h6-7,10H,5,8-9H2,1-4H3,(H,14,16)(H,15,17,19). The number of nitrogens with one attached hydrogen (secondary N) is 2. The first-order chi connectivity index (χ1) is 8.99. The second-order valence-corrected chi connectivity index (χ2v) is 5.03. The number of carbonyl (C=O) groups excluding carboxylic acids is 1. The van der Waals surface area contributed by atoms with Gasteiger partial charge in [-0.2, -0.15) is 0 Å². The molecule has 0 aromatic carbocycles. The average Bonchev–Trinajstić information content (AvgIpc) is 2.36. The van der Waals surface area contributed by atoms with Crippen LogP contribution in [0.4, 0.5) is 11.6 Å². The van der Waals surface area contributed by atoms with E-state index in [4.69, 9.17) is 0 Å². The highest BCUT2D eigenvalue weighted by atomic mass is 16.1. The van der Waals surface area contributed by atoms with Crippen LogP contribution < -0.4 is 10.6 Å². The van der Waals surface area contributed by atoms with Crippen LogP contribution in [-0.2, 0) is 4.79 Å². The number of nitrogens with zero attached hydrogens (tertiary/aromatic N) is 3. The van der Waals surface area contributed by atoms with Crippen LogP contribution in [0.25, 0.3) is 0 Å². The lowest BCUT2D eigenvalue weighted by Gasteiger charge is -2.10. The largest absolute Gasteiger partial charge is 0.369 e. The lowest BCUT2D eigenvalue weighted by Crippen LogP contribution is -2.19. The maximum absolute atomic E-state index is 11.5. The Hall–Kier alpha value is -1.69. The lowest BCUT2D eigenvalue weighted by atomic mass is 10.2. The van der Waals surface area contributed by atoms with Crippen LogP contribution in [0.5, 0.6) is 0 Å². The van der Waals surface area contributed by atoms with E-state index < -0.39 is 0 Å². The minimum atomic E-state index is -0.0642. The molecule has 1 aromatic rings. The van der Waals surface area contributed by atoms with E-state index in [1.54, 1.807) is 6.07 Å². The Morgan fingerprint density at radius 3 is 2.42 bits per heavy atom. The van der Waals surface area contributed by atoms with Crippen LogP contribution in [0.1, 0.15) is 20.3 Å². The maximum atomic E-state index is 11.5. The van der Waals surface area contributed by atoms with E-state index in [0.717, 1.165) is 25.3 Å². The highest BCUT2D eigenvalue weighted by Crippen LogP contribution is 2.07. The van der Waals surface area contributed by atoms with Gasteiger partial charge in [-0.3, -0.25) is 4.79 Å². The molecule has 0 unspecified atom stereocenters. The molecule has 6 heteroatoms. The summed E-state index contributed by atoms with van der Waals surface area (Å²) in [5, 5.41) is 13.9. The smallest absolute Gasteiger partial charge is 0.228 e. The number of amides is 1. The van der Waals surface area contributed by atoms with Crippen molar-refractivity contribution in [1.82, 2.24) is 15.1 Å². The topological polar surface area (TPSA) is 70.2 Å². The second-order valence-electron chi connectivity index (χ2n) is 5.03. The number of hydrogen-bond acceptors (Lipinski definition) is 5. The maximum Gasteiger partial charge on any atom is 0.228 e. The number of carbonyl (C=O) groups is 1. The van der Waals surface area contributed by atoms with Gasteiger partial charge in [0, 0.05) is 12.5 Å². The molecule has 0 aliphatic heterocycles. The average molecular weight is 265 g/mol. The third-order valence-electron chi connectivity index (χ3n) is 2.53. The van der Waals surface area contributed by atoms with Crippen molar-refractivity contribution in [2.75, 3.05) is 37.8 Å². The summed E-state index contributed by atoms with van der Waals surface area (Å²) in [6.07, 6.45) is 1.04. The van der Waals surface area contributed by atoms with Crippen molar-refractivity contribution in [3.05, 3.63) is 12.1 Å². The molecule has 1 amide bonds. The third-order valence-corrected chi connectivity index (χ3v) is 2.53. The first kappa shape index (κ1) is 15.4. The zero-order valence-electron chi connectivity index (χ0n) is 12.1. The predicted octanol–water partition coefficient (Wildman–Crippen LogP) is 1.43. The SMILES string of the molecule is CC(C)C(=O)Nc1ccc(NCCCN(C)C)nn1. The highest BCUT2D eigenvalue weighted by Gasteiger charge is 2.07. The molecule has 0 bridgehead atoms. The Bertz CT molecular complexity index is 389. The fraction of sp³-hybridized carbons (Fsp3) is 0.615. The quantitative estimate of drug-likeness (QED) is 0.730. The van der Waals surface area contributed by atoms with Crippen molar-refractivity contribution in [3.8, 4) is 0 Å². The van der Waals surface area contributed by atoms with Crippen molar-refractivity contribution in [3.63, 3.8) is 0 Å². The van der Waals surface area contributed by atoms with E-state index >= 15 is 0 Å². The molecule has 2 N–H and O–H groups in total. The van der Waals surface area contributed by atoms with Gasteiger partial charge in [0.15, 0.2) is 5.82 Å². The molecule has 0 saturated heterocycles. The Morgan fingerprint density at radius 1 is 1.26 bits per heavy atom. The molecule has 0 spiro atoms. The summed E-state index contributed by atoms with van der Waals surface area (Å²) in [5.41, 5.74) is 0. The Morgan fingerprint density at radius 2 is 1.89 bits per heavy atom. The summed E-state index contributed by atoms with van der Waals surface area (Å²) in [4.78, 5) is 13.6. The zero-order valence-corrected chi connectivity index (χ0v) is 12.1. The van der Waals surface area contributed by atoms with Crippen LogP contribution in [0, 0.1) is 5.92 Å². The number of aromatic nitrogens is 2. The van der Waals surface area contributed by atoms with Gasteiger partial charge in [0.25, 0.3) is 0 Å². The van der Waals surface area contributed by atoms with Crippen molar-refractivity contribution < 1.29 is 4.79 Å². The van der Waals surface area contributed by atoms with Crippen LogP contribution in [0.15, 0.2) is 12.1 Å². The van der Waals surface area contributed by atoms with Gasteiger partial charge in [0.1, 0.15) is 5.82 Å². The van der Waals surface area contributed by atoms with E-state index in [-0.39, 0.29) is 11.8 Å². The number of rotatable bonds is 7. The molecule has 0 saturated carbocycles. The summed E-state index contributed by atoms with van der Waals surface area (Å²) in [6, 6.07) is 3.57. The molecule has 19 heavy (non-hydrogen) atoms. The van der Waals surface area contributed by atoms with E-state index in [2.05, 4.69) is 25.7 Å². The van der Waals surface area contributed by atoms with Crippen molar-refractivity contribution in [1.29, 1.82) is 0 Å². The first-order valence-corrected chi connectivity index (χ1v) is 6.52. The Balaban J connectivity index is 2.37. The monoisotopic (exact) mass is 265 g/mol. The summed E-state index contributed by atoms with van der Waals surface area (Å²) in [6.45, 7) is 5.56. The molecular formula is C13H23N5O. The molecule has 0 radical (unpaired) electrons. The van der Waals surface area contributed by atoms with Gasteiger partial charge in [0.2, 0.25) is 5.91 Å². The molecule has 1 aromatic heterocycles. The Labute approximate surface area is 114 Å². The van der Waals surface area contributed by atoms with Gasteiger partial charge >= 0.3 is 0 Å². The van der Waals surface area contributed by atoms with Crippen molar-refractivity contribution in [2.45, 2.75) is 20.3 Å².